The van der Waals surface area contributed by atoms with Crippen LogP contribution >= 0.6 is 7.82 Å². The van der Waals surface area contributed by atoms with Crippen molar-refractivity contribution in [2.24, 2.45) is 0 Å². The van der Waals surface area contributed by atoms with Gasteiger partial charge in [-0.1, -0.05) is 190 Å². The van der Waals surface area contributed by atoms with Crippen molar-refractivity contribution in [3.8, 4) is 0 Å². The first-order valence-electron chi connectivity index (χ1n) is 26.0. The molecule has 0 aliphatic rings. The van der Waals surface area contributed by atoms with Crippen molar-refractivity contribution in [2.75, 3.05) is 47.5 Å². The second-order valence-corrected chi connectivity index (χ2v) is 20.0. The zero-order chi connectivity index (χ0) is 47.1. The van der Waals surface area contributed by atoms with Crippen molar-refractivity contribution in [2.45, 2.75) is 225 Å². The number of unbranched alkanes of at least 4 members (excludes halogenated alkanes) is 23. The maximum atomic E-state index is 12.8. The fraction of sp³-hybridized carbons (Fsp3) is 0.778. The van der Waals surface area contributed by atoms with Gasteiger partial charge in [0.25, 0.3) is 0 Å². The van der Waals surface area contributed by atoms with E-state index in [1.807, 2.05) is 21.1 Å². The molecule has 2 atom stereocenters. The lowest BCUT2D eigenvalue weighted by atomic mass is 10.0. The molecule has 0 saturated heterocycles. The van der Waals surface area contributed by atoms with Crippen LogP contribution in [-0.2, 0) is 32.7 Å². The highest BCUT2D eigenvalue weighted by Gasteiger charge is 2.27. The summed E-state index contributed by atoms with van der Waals surface area (Å²) < 4.78 is 34.4. The predicted octanol–water partition coefficient (Wildman–Crippen LogP) is 15.6. The Kier molecular flexibility index (Phi) is 44.2. The molecule has 2 unspecified atom stereocenters. The van der Waals surface area contributed by atoms with Crippen molar-refractivity contribution in [3.63, 3.8) is 0 Å². The van der Waals surface area contributed by atoms with Crippen LogP contribution in [0.1, 0.15) is 219 Å². The largest absolute Gasteiger partial charge is 0.472 e. The third-order valence-corrected chi connectivity index (χ3v) is 12.0. The fourth-order valence-electron chi connectivity index (χ4n) is 7.00. The maximum Gasteiger partial charge on any atom is 0.472 e. The van der Waals surface area contributed by atoms with Gasteiger partial charge in [-0.15, -0.1) is 0 Å². The van der Waals surface area contributed by atoms with E-state index in [2.05, 4.69) is 74.6 Å². The maximum absolute atomic E-state index is 12.8. The molecule has 0 spiro atoms. The van der Waals surface area contributed by atoms with Crippen molar-refractivity contribution < 1.29 is 42.1 Å². The number of ether oxygens (including phenoxy) is 2. The normalized spacial score (nSPS) is 13.9. The van der Waals surface area contributed by atoms with E-state index in [-0.39, 0.29) is 32.0 Å². The number of allylic oxidation sites excluding steroid dienone is 10. The van der Waals surface area contributed by atoms with Crippen LogP contribution in [0.3, 0.4) is 0 Å². The van der Waals surface area contributed by atoms with Gasteiger partial charge in [-0.3, -0.25) is 18.6 Å². The smallest absolute Gasteiger partial charge is 0.462 e. The molecule has 0 radical (unpaired) electrons. The fourth-order valence-corrected chi connectivity index (χ4v) is 7.74. The molecular weight excluding hydrogens is 822 g/mol. The quantitative estimate of drug-likeness (QED) is 0.0211. The van der Waals surface area contributed by atoms with Crippen LogP contribution in [0.5, 0.6) is 0 Å². The molecule has 0 heterocycles. The van der Waals surface area contributed by atoms with Gasteiger partial charge >= 0.3 is 19.8 Å². The highest BCUT2D eigenvalue weighted by atomic mass is 31.2. The molecule has 0 aromatic heterocycles. The molecule has 10 heteroatoms. The van der Waals surface area contributed by atoms with Crippen molar-refractivity contribution in [3.05, 3.63) is 60.8 Å². The lowest BCUT2D eigenvalue weighted by Crippen LogP contribution is -2.37. The van der Waals surface area contributed by atoms with Crippen LogP contribution in [0, 0.1) is 0 Å². The van der Waals surface area contributed by atoms with Gasteiger partial charge in [-0.05, 0) is 77.0 Å². The minimum atomic E-state index is -4.38. The van der Waals surface area contributed by atoms with Crippen LogP contribution in [-0.4, -0.2) is 74.9 Å². The first kappa shape index (κ1) is 61.7. The molecule has 9 nitrogen and oxygen atoms in total. The summed E-state index contributed by atoms with van der Waals surface area (Å²) in [5, 5.41) is 0. The number of esters is 2. The molecule has 0 bridgehead atoms. The minimum Gasteiger partial charge on any atom is -0.462 e. The van der Waals surface area contributed by atoms with E-state index < -0.39 is 26.5 Å². The number of phosphoric ester groups is 1. The molecule has 0 aliphatic heterocycles. The lowest BCUT2D eigenvalue weighted by molar-refractivity contribution is -0.870. The number of likely N-dealkylation sites (N-methyl/N-ethyl adjacent to an activating group) is 1. The third kappa shape index (κ3) is 49.2. The third-order valence-electron chi connectivity index (χ3n) is 11.0. The average Bonchev–Trinajstić information content (AvgIpc) is 3.25. The zero-order valence-electron chi connectivity index (χ0n) is 42.0. The highest BCUT2D eigenvalue weighted by Crippen LogP contribution is 2.43. The molecule has 0 aromatic carbocycles. The van der Waals surface area contributed by atoms with E-state index in [9.17, 15) is 19.0 Å². The van der Waals surface area contributed by atoms with Gasteiger partial charge in [0, 0.05) is 12.8 Å². The summed E-state index contributed by atoms with van der Waals surface area (Å²) >= 11 is 0. The molecule has 0 rings (SSSR count). The van der Waals surface area contributed by atoms with Gasteiger partial charge in [0.15, 0.2) is 6.10 Å². The van der Waals surface area contributed by atoms with Crippen LogP contribution in [0.15, 0.2) is 60.8 Å². The summed E-state index contributed by atoms with van der Waals surface area (Å²) in [6, 6.07) is 0. The predicted molar refractivity (Wildman–Crippen MR) is 270 cm³/mol. The van der Waals surface area contributed by atoms with E-state index in [0.29, 0.717) is 17.4 Å². The van der Waals surface area contributed by atoms with Gasteiger partial charge in [0.2, 0.25) is 0 Å². The van der Waals surface area contributed by atoms with Gasteiger partial charge in [0.05, 0.1) is 27.7 Å². The van der Waals surface area contributed by atoms with Gasteiger partial charge in [0.1, 0.15) is 19.8 Å². The monoisotopic (exact) mass is 921 g/mol. The Labute approximate surface area is 394 Å². The number of nitrogens with zero attached hydrogens (tertiary/aromatic N) is 1. The standard InChI is InChI=1S/C54H98NO8P/c1-6-8-10-12-14-16-18-20-21-22-23-24-25-26-27-28-29-30-31-32-33-35-37-39-41-43-45-47-54(57)63-52(51-62-64(58,59)61-49-48-55(3,4)5)50-60-53(56)46-44-42-40-38-36-34-19-17-15-13-11-9-7-2/h8,10,14,16-17,19-21,23-24,52H,6-7,9,11-13,15,18,22,25-51H2,1-5H3/p+1/b10-8-,16-14-,19-17-,21-20-,24-23-. The number of phosphoric acid groups is 1. The van der Waals surface area contributed by atoms with E-state index in [4.69, 9.17) is 18.5 Å². The number of carbonyl (C=O) groups is 2. The summed E-state index contributed by atoms with van der Waals surface area (Å²) in [5.41, 5.74) is 0. The molecule has 0 saturated carbocycles. The molecule has 64 heavy (non-hydrogen) atoms. The zero-order valence-corrected chi connectivity index (χ0v) is 42.9. The lowest BCUT2D eigenvalue weighted by Gasteiger charge is -2.24. The second-order valence-electron chi connectivity index (χ2n) is 18.5. The van der Waals surface area contributed by atoms with E-state index in [0.717, 1.165) is 83.5 Å². The highest BCUT2D eigenvalue weighted by molar-refractivity contribution is 7.47. The topological polar surface area (TPSA) is 108 Å². The number of quaternary nitrogens is 1. The molecule has 0 aromatic rings. The van der Waals surface area contributed by atoms with Gasteiger partial charge in [-0.25, -0.2) is 4.57 Å². The second kappa shape index (κ2) is 45.8. The van der Waals surface area contributed by atoms with Crippen molar-refractivity contribution in [1.29, 1.82) is 0 Å². The first-order valence-corrected chi connectivity index (χ1v) is 27.5. The molecule has 0 amide bonds. The van der Waals surface area contributed by atoms with Crippen LogP contribution in [0.25, 0.3) is 0 Å². The SMILES string of the molecule is CC/C=C\C/C=C\C/C=C\C/C=C\CCCCCCCCCCCCCCCCC(=O)OC(COC(=O)CCCCCCC/C=C\CCCCCC)COP(=O)(O)OCC[N+](C)(C)C. The van der Waals surface area contributed by atoms with Crippen LogP contribution in [0.2, 0.25) is 0 Å². The van der Waals surface area contributed by atoms with E-state index >= 15 is 0 Å². The number of hydrogen-bond acceptors (Lipinski definition) is 7. The van der Waals surface area contributed by atoms with Crippen molar-refractivity contribution >= 4 is 19.8 Å². The Bertz CT molecular complexity index is 1270. The number of hydrogen-bond donors (Lipinski definition) is 1. The Hall–Kier alpha value is -2.29. The summed E-state index contributed by atoms with van der Waals surface area (Å²) in [5.74, 6) is -0.807. The van der Waals surface area contributed by atoms with Gasteiger partial charge in [-0.2, -0.15) is 0 Å². The Morgan fingerprint density at radius 2 is 0.891 bits per heavy atom. The van der Waals surface area contributed by atoms with Crippen LogP contribution < -0.4 is 0 Å². The Balaban J connectivity index is 4.16. The van der Waals surface area contributed by atoms with Gasteiger partial charge < -0.3 is 18.9 Å². The molecule has 372 valence electrons. The first-order chi connectivity index (χ1) is 31.0. The Morgan fingerprint density at radius 3 is 1.34 bits per heavy atom. The van der Waals surface area contributed by atoms with E-state index in [1.54, 1.807) is 0 Å². The molecule has 0 fully saturated rings. The summed E-state index contributed by atoms with van der Waals surface area (Å²) in [6.07, 6.45) is 57.1. The summed E-state index contributed by atoms with van der Waals surface area (Å²) in [4.78, 5) is 35.5. The number of carbonyl (C=O) groups excluding carboxylic acids is 2. The minimum absolute atomic E-state index is 0.0293. The number of rotatable bonds is 47. The Morgan fingerprint density at radius 1 is 0.500 bits per heavy atom. The van der Waals surface area contributed by atoms with Crippen molar-refractivity contribution in [1.82, 2.24) is 0 Å². The van der Waals surface area contributed by atoms with E-state index in [1.165, 1.54) is 103 Å². The van der Waals surface area contributed by atoms with Crippen LogP contribution in [0.4, 0.5) is 0 Å². The summed E-state index contributed by atoms with van der Waals surface area (Å²) in [7, 11) is 1.47. The average molecular weight is 921 g/mol. The molecule has 1 N–H and O–H groups in total. The molecule has 0 aliphatic carbocycles. The molecular formula is C54H99NO8P+. The summed E-state index contributed by atoms with van der Waals surface area (Å²) in [6.45, 7) is 4.30.